The highest BCUT2D eigenvalue weighted by Gasteiger charge is 2.51. The zero-order valence-electron chi connectivity index (χ0n) is 54.8. The van der Waals surface area contributed by atoms with Gasteiger partial charge in [0.1, 0.15) is 48.8 Å². The van der Waals surface area contributed by atoms with E-state index in [0.717, 1.165) is 44.9 Å². The minimum absolute atomic E-state index is 0.249. The van der Waals surface area contributed by atoms with Crippen LogP contribution in [0.25, 0.3) is 0 Å². The third-order valence-electron chi connectivity index (χ3n) is 17.5. The van der Waals surface area contributed by atoms with Crippen LogP contribution in [0.2, 0.25) is 0 Å². The Morgan fingerprint density at radius 1 is 0.407 bits per heavy atom. The van der Waals surface area contributed by atoms with Crippen molar-refractivity contribution < 1.29 is 64.6 Å². The van der Waals surface area contributed by atoms with Crippen LogP contribution in [0.15, 0.2) is 48.6 Å². The van der Waals surface area contributed by atoms with Gasteiger partial charge >= 0.3 is 0 Å². The number of carbonyl (C=O) groups is 1. The molecule has 9 N–H and O–H groups in total. The average molecular weight is 1220 g/mol. The molecule has 2 saturated heterocycles. The minimum atomic E-state index is -1.79. The van der Waals surface area contributed by atoms with E-state index >= 15 is 0 Å². The van der Waals surface area contributed by atoms with Crippen LogP contribution in [0.5, 0.6) is 0 Å². The van der Waals surface area contributed by atoms with Gasteiger partial charge in [-0.05, 0) is 70.6 Å². The van der Waals surface area contributed by atoms with Gasteiger partial charge in [0.25, 0.3) is 0 Å². The number of hydrogen-bond acceptors (Lipinski definition) is 13. The normalized spacial score (nSPS) is 23.7. The molecule has 2 fully saturated rings. The fourth-order valence-corrected chi connectivity index (χ4v) is 11.7. The van der Waals surface area contributed by atoms with Crippen molar-refractivity contribution in [3.63, 3.8) is 0 Å². The first-order valence-corrected chi connectivity index (χ1v) is 35.9. The predicted molar refractivity (Wildman–Crippen MR) is 351 cm³/mol. The van der Waals surface area contributed by atoms with Gasteiger partial charge in [0.15, 0.2) is 12.6 Å². The van der Waals surface area contributed by atoms with Gasteiger partial charge in [-0.2, -0.15) is 0 Å². The molecular weight excluding hydrogens is 1090 g/mol. The molecule has 0 aromatic heterocycles. The van der Waals surface area contributed by atoms with Gasteiger partial charge in [0.2, 0.25) is 5.91 Å². The first-order chi connectivity index (χ1) is 42.1. The van der Waals surface area contributed by atoms with E-state index in [4.69, 9.17) is 18.9 Å². The molecule has 2 aliphatic rings. The van der Waals surface area contributed by atoms with Crippen molar-refractivity contribution in [2.45, 2.75) is 383 Å². The number of hydrogen-bond donors (Lipinski definition) is 9. The molecular formula is C72H133NO13. The summed E-state index contributed by atoms with van der Waals surface area (Å²) < 4.78 is 22.8. The van der Waals surface area contributed by atoms with E-state index in [-0.39, 0.29) is 18.9 Å². The molecule has 0 aromatic rings. The molecule has 0 spiro atoms. The van der Waals surface area contributed by atoms with E-state index in [1.54, 1.807) is 6.08 Å². The molecule has 2 aliphatic heterocycles. The molecule has 14 nitrogen and oxygen atoms in total. The van der Waals surface area contributed by atoms with E-state index < -0.39 is 86.8 Å². The standard InChI is InChI=1S/C72H133NO13/c1-3-5-7-9-11-13-15-17-19-21-22-23-24-25-26-27-28-29-30-31-32-33-34-35-36-37-38-40-42-44-46-48-50-52-54-56-64(77)73-60(61(76)55-53-51-49-47-45-43-41-39-20-18-16-14-12-10-8-6-4-2)59-83-71-69(82)67(80)70(63(58-75)85-71)86-72-68(81)66(79)65(78)62(57-74)84-72/h20-22,39,45,47,53,55,60-63,65-72,74-76,78-82H,3-19,23-38,40-44,46,48-52,54,56-59H2,1-2H3,(H,73,77)/b22-21-,39-20+,47-45+,55-53+. The van der Waals surface area contributed by atoms with Crippen LogP contribution < -0.4 is 5.32 Å². The topological polar surface area (TPSA) is 228 Å². The molecule has 0 bridgehead atoms. The SMILES string of the molecule is CCCCCCCCC/C=C/CC/C=C/CC/C=C/C(O)C(COC1OC(CO)C(OC2OC(CO)C(O)C(O)C2O)C(O)C1O)NC(=O)CCCCCCCCCCCCCCCCCCCCCCCCC/C=C\CCCCCCCCCC. The molecule has 2 heterocycles. The molecule has 0 radical (unpaired) electrons. The third-order valence-corrected chi connectivity index (χ3v) is 17.5. The van der Waals surface area contributed by atoms with E-state index in [9.17, 15) is 45.6 Å². The molecule has 12 atom stereocenters. The molecule has 1 amide bonds. The van der Waals surface area contributed by atoms with Crippen LogP contribution in [0, 0.1) is 0 Å². The summed E-state index contributed by atoms with van der Waals surface area (Å²) in [4.78, 5) is 13.3. The van der Waals surface area contributed by atoms with E-state index in [1.165, 1.54) is 231 Å². The van der Waals surface area contributed by atoms with E-state index in [2.05, 4.69) is 55.6 Å². The van der Waals surface area contributed by atoms with E-state index in [1.807, 2.05) is 6.08 Å². The number of carbonyl (C=O) groups excluding carboxylic acids is 1. The van der Waals surface area contributed by atoms with Crippen LogP contribution in [-0.4, -0.2) is 140 Å². The van der Waals surface area contributed by atoms with Gasteiger partial charge in [-0.1, -0.05) is 281 Å². The summed E-state index contributed by atoms with van der Waals surface area (Å²) in [5.74, 6) is -0.249. The monoisotopic (exact) mass is 1220 g/mol. The van der Waals surface area contributed by atoms with Crippen molar-refractivity contribution in [2.75, 3.05) is 19.8 Å². The highest BCUT2D eigenvalue weighted by atomic mass is 16.7. The number of nitrogens with one attached hydrogen (secondary N) is 1. The van der Waals surface area contributed by atoms with Crippen molar-refractivity contribution in [3.8, 4) is 0 Å². The van der Waals surface area contributed by atoms with Crippen LogP contribution in [0.4, 0.5) is 0 Å². The number of allylic oxidation sites excluding steroid dienone is 7. The Balaban J connectivity index is 1.62. The van der Waals surface area contributed by atoms with Crippen molar-refractivity contribution in [3.05, 3.63) is 48.6 Å². The predicted octanol–water partition coefficient (Wildman–Crippen LogP) is 14.7. The maximum absolute atomic E-state index is 13.3. The van der Waals surface area contributed by atoms with Crippen molar-refractivity contribution in [1.29, 1.82) is 0 Å². The second kappa shape index (κ2) is 56.9. The fraction of sp³-hybridized carbons (Fsp3) is 0.875. The molecule has 0 saturated carbocycles. The minimum Gasteiger partial charge on any atom is -0.394 e. The summed E-state index contributed by atoms with van der Waals surface area (Å²) in [5.41, 5.74) is 0. The second-order valence-electron chi connectivity index (χ2n) is 25.3. The van der Waals surface area contributed by atoms with Crippen LogP contribution in [0.1, 0.15) is 309 Å². The summed E-state index contributed by atoms with van der Waals surface area (Å²) >= 11 is 0. The first-order valence-electron chi connectivity index (χ1n) is 35.9. The lowest BCUT2D eigenvalue weighted by Crippen LogP contribution is -2.65. The Kier molecular flexibility index (Phi) is 53.0. The number of aliphatic hydroxyl groups is 8. The lowest BCUT2D eigenvalue weighted by atomic mass is 9.97. The number of rotatable bonds is 59. The molecule has 14 heteroatoms. The lowest BCUT2D eigenvalue weighted by molar-refractivity contribution is -0.359. The average Bonchev–Trinajstić information content (AvgIpc) is 2.38. The largest absolute Gasteiger partial charge is 0.394 e. The maximum Gasteiger partial charge on any atom is 0.220 e. The van der Waals surface area contributed by atoms with E-state index in [0.29, 0.717) is 12.8 Å². The van der Waals surface area contributed by atoms with Gasteiger partial charge < -0.3 is 65.1 Å². The van der Waals surface area contributed by atoms with Crippen LogP contribution >= 0.6 is 0 Å². The van der Waals surface area contributed by atoms with Gasteiger partial charge in [-0.15, -0.1) is 0 Å². The fourth-order valence-electron chi connectivity index (χ4n) is 11.7. The lowest BCUT2D eigenvalue weighted by Gasteiger charge is -2.46. The third kappa shape index (κ3) is 40.6. The summed E-state index contributed by atoms with van der Waals surface area (Å²) in [5, 5.41) is 87.3. The van der Waals surface area contributed by atoms with Gasteiger partial charge in [0, 0.05) is 6.42 Å². The van der Waals surface area contributed by atoms with Crippen molar-refractivity contribution in [2.24, 2.45) is 0 Å². The zero-order chi connectivity index (χ0) is 62.3. The van der Waals surface area contributed by atoms with Crippen molar-refractivity contribution in [1.82, 2.24) is 5.32 Å². The molecule has 86 heavy (non-hydrogen) atoms. The Morgan fingerprint density at radius 3 is 1.14 bits per heavy atom. The van der Waals surface area contributed by atoms with Gasteiger partial charge in [-0.3, -0.25) is 4.79 Å². The highest BCUT2D eigenvalue weighted by Crippen LogP contribution is 2.30. The maximum atomic E-state index is 13.3. The number of ether oxygens (including phenoxy) is 4. The van der Waals surface area contributed by atoms with Crippen LogP contribution in [0.3, 0.4) is 0 Å². The Bertz CT molecular complexity index is 1630. The van der Waals surface area contributed by atoms with Gasteiger partial charge in [-0.25, -0.2) is 0 Å². The Labute approximate surface area is 524 Å². The Hall–Kier alpha value is -2.05. The molecule has 12 unspecified atom stereocenters. The highest BCUT2D eigenvalue weighted by molar-refractivity contribution is 5.76. The molecule has 0 aromatic carbocycles. The number of amides is 1. The summed E-state index contributed by atoms with van der Waals surface area (Å²) in [6, 6.07) is -0.937. The Morgan fingerprint density at radius 2 is 0.744 bits per heavy atom. The van der Waals surface area contributed by atoms with Crippen molar-refractivity contribution >= 4 is 5.91 Å². The summed E-state index contributed by atoms with van der Waals surface area (Å²) in [6.07, 6.45) is 57.6. The zero-order valence-corrected chi connectivity index (χ0v) is 54.8. The summed E-state index contributed by atoms with van der Waals surface area (Å²) in [7, 11) is 0. The second-order valence-corrected chi connectivity index (χ2v) is 25.3. The molecule has 2 rings (SSSR count). The molecule has 504 valence electrons. The first kappa shape index (κ1) is 80.0. The van der Waals surface area contributed by atoms with Gasteiger partial charge in [0.05, 0.1) is 32.0 Å². The number of unbranched alkanes of at least 4 members (excludes halogenated alkanes) is 40. The molecule has 0 aliphatic carbocycles. The number of aliphatic hydroxyl groups excluding tert-OH is 8. The van der Waals surface area contributed by atoms with Crippen LogP contribution in [-0.2, 0) is 23.7 Å². The smallest absolute Gasteiger partial charge is 0.220 e. The quantitative estimate of drug-likeness (QED) is 0.0204. The summed E-state index contributed by atoms with van der Waals surface area (Å²) in [6.45, 7) is 2.80.